The highest BCUT2D eigenvalue weighted by atomic mass is 35.5. The molecule has 1 atom stereocenters. The van der Waals surface area contributed by atoms with Crippen LogP contribution >= 0.6 is 23.4 Å². The first-order chi connectivity index (χ1) is 15.1. The summed E-state index contributed by atoms with van der Waals surface area (Å²) in [6, 6.07) is 21.2. The van der Waals surface area contributed by atoms with Crippen LogP contribution in [0, 0.1) is 0 Å². The Morgan fingerprint density at radius 3 is 2.48 bits per heavy atom. The second-order valence-electron chi connectivity index (χ2n) is 6.95. The number of benzene rings is 2. The number of hydrogen-bond acceptors (Lipinski definition) is 4. The van der Waals surface area contributed by atoms with Crippen LogP contribution in [0.2, 0.25) is 5.02 Å². The van der Waals surface area contributed by atoms with E-state index in [2.05, 4.69) is 10.3 Å². The van der Waals surface area contributed by atoms with E-state index in [1.54, 1.807) is 12.4 Å². The summed E-state index contributed by atoms with van der Waals surface area (Å²) < 4.78 is 1.84. The lowest BCUT2D eigenvalue weighted by Crippen LogP contribution is -2.30. The normalized spacial score (nSPS) is 11.8. The van der Waals surface area contributed by atoms with Gasteiger partial charge in [0.1, 0.15) is 0 Å². The van der Waals surface area contributed by atoms with E-state index < -0.39 is 0 Å². The van der Waals surface area contributed by atoms with Gasteiger partial charge in [-0.3, -0.25) is 9.78 Å². The van der Waals surface area contributed by atoms with Crippen molar-refractivity contribution in [2.45, 2.75) is 23.6 Å². The van der Waals surface area contributed by atoms with Gasteiger partial charge in [0, 0.05) is 46.2 Å². The monoisotopic (exact) mass is 448 g/mol. The maximum absolute atomic E-state index is 12.7. The summed E-state index contributed by atoms with van der Waals surface area (Å²) in [5, 5.41) is 8.26. The smallest absolute Gasteiger partial charge is 0.233 e. The molecule has 5 nitrogen and oxygen atoms in total. The van der Waals surface area contributed by atoms with E-state index in [0.29, 0.717) is 11.6 Å². The molecule has 0 saturated carbocycles. The zero-order valence-electron chi connectivity index (χ0n) is 16.9. The van der Waals surface area contributed by atoms with Gasteiger partial charge < -0.3 is 5.32 Å². The molecule has 0 aliphatic rings. The lowest BCUT2D eigenvalue weighted by Gasteiger charge is -2.12. The van der Waals surface area contributed by atoms with Crippen molar-refractivity contribution in [3.05, 3.63) is 95.9 Å². The van der Waals surface area contributed by atoms with Crippen molar-refractivity contribution >= 4 is 29.3 Å². The van der Waals surface area contributed by atoms with Crippen molar-refractivity contribution in [2.24, 2.45) is 0 Å². The number of hydrogen-bond donors (Lipinski definition) is 1. The third kappa shape index (κ3) is 5.34. The van der Waals surface area contributed by atoms with Crippen LogP contribution < -0.4 is 5.32 Å². The second kappa shape index (κ2) is 9.81. The Hall–Kier alpha value is -3.09. The Bertz CT molecular complexity index is 1150. The molecule has 1 N–H and O–H groups in total. The van der Waals surface area contributed by atoms with Crippen molar-refractivity contribution in [2.75, 3.05) is 0 Å². The number of aromatic nitrogens is 3. The highest BCUT2D eigenvalue weighted by molar-refractivity contribution is 8.00. The number of carbonyl (C=O) groups excluding carboxylic acids is 1. The molecule has 0 spiro atoms. The molecule has 31 heavy (non-hydrogen) atoms. The minimum Gasteiger partial charge on any atom is -0.351 e. The van der Waals surface area contributed by atoms with Crippen LogP contribution in [0.3, 0.4) is 0 Å². The summed E-state index contributed by atoms with van der Waals surface area (Å²) in [5.41, 5.74) is 3.68. The van der Waals surface area contributed by atoms with E-state index in [1.807, 2.05) is 84.5 Å². The summed E-state index contributed by atoms with van der Waals surface area (Å²) in [7, 11) is 0. The fourth-order valence-corrected chi connectivity index (χ4v) is 4.12. The van der Waals surface area contributed by atoms with Crippen LogP contribution in [0.5, 0.6) is 0 Å². The third-order valence-electron chi connectivity index (χ3n) is 4.71. The molecule has 0 bridgehead atoms. The lowest BCUT2D eigenvalue weighted by molar-refractivity contribution is -0.120. The largest absolute Gasteiger partial charge is 0.351 e. The topological polar surface area (TPSA) is 59.8 Å². The number of nitrogens with one attached hydrogen (secondary N) is 1. The van der Waals surface area contributed by atoms with Crippen molar-refractivity contribution < 1.29 is 4.79 Å². The van der Waals surface area contributed by atoms with Crippen LogP contribution in [0.25, 0.3) is 16.9 Å². The van der Waals surface area contributed by atoms with Crippen LogP contribution in [-0.4, -0.2) is 25.9 Å². The minimum atomic E-state index is -0.241. The molecule has 0 aliphatic carbocycles. The maximum atomic E-state index is 12.7. The van der Waals surface area contributed by atoms with Gasteiger partial charge in [-0.25, -0.2) is 4.68 Å². The molecule has 2 heterocycles. The van der Waals surface area contributed by atoms with E-state index in [9.17, 15) is 4.79 Å². The maximum Gasteiger partial charge on any atom is 0.233 e. The average Bonchev–Trinajstić information content (AvgIpc) is 3.24. The zero-order chi connectivity index (χ0) is 21.6. The van der Waals surface area contributed by atoms with E-state index in [-0.39, 0.29) is 11.2 Å². The van der Waals surface area contributed by atoms with Gasteiger partial charge in [0.05, 0.1) is 16.6 Å². The molecule has 0 saturated heterocycles. The molecule has 7 heteroatoms. The molecule has 2 aromatic carbocycles. The first kappa shape index (κ1) is 21.2. The summed E-state index contributed by atoms with van der Waals surface area (Å²) in [5.74, 6) is -0.0342. The number of thioether (sulfide) groups is 1. The minimum absolute atomic E-state index is 0.0342. The van der Waals surface area contributed by atoms with Gasteiger partial charge >= 0.3 is 0 Å². The summed E-state index contributed by atoms with van der Waals surface area (Å²) >= 11 is 7.44. The Labute approximate surface area is 190 Å². The second-order valence-corrected chi connectivity index (χ2v) is 8.80. The van der Waals surface area contributed by atoms with Crippen molar-refractivity contribution in [3.8, 4) is 16.9 Å². The fourth-order valence-electron chi connectivity index (χ4n) is 3.10. The number of amides is 1. The molecule has 0 radical (unpaired) electrons. The van der Waals surface area contributed by atoms with E-state index in [1.165, 1.54) is 11.8 Å². The number of nitrogens with zero attached hydrogens (tertiary/aromatic N) is 3. The van der Waals surface area contributed by atoms with Gasteiger partial charge in [-0.05, 0) is 55.5 Å². The highest BCUT2D eigenvalue weighted by Crippen LogP contribution is 2.26. The van der Waals surface area contributed by atoms with Gasteiger partial charge in [0.25, 0.3) is 0 Å². The molecule has 0 aliphatic heterocycles. The molecule has 156 valence electrons. The number of halogens is 1. The van der Waals surface area contributed by atoms with Gasteiger partial charge in [-0.2, -0.15) is 5.10 Å². The Morgan fingerprint density at radius 1 is 1.06 bits per heavy atom. The van der Waals surface area contributed by atoms with Crippen molar-refractivity contribution in [1.82, 2.24) is 20.1 Å². The summed E-state index contributed by atoms with van der Waals surface area (Å²) in [4.78, 5) is 17.8. The molecule has 4 rings (SSSR count). The first-order valence-corrected chi connectivity index (χ1v) is 11.1. The number of pyridine rings is 1. The lowest BCUT2D eigenvalue weighted by atomic mass is 10.1. The Balaban J connectivity index is 1.51. The van der Waals surface area contributed by atoms with Gasteiger partial charge in [0.2, 0.25) is 5.91 Å². The SMILES string of the molecule is CC(Sc1ccc(Cl)cc1)C(=O)NCc1cn(-c2ccccc2)nc1-c1ccncc1. The Morgan fingerprint density at radius 2 is 1.77 bits per heavy atom. The predicted octanol–water partition coefficient (Wildman–Crippen LogP) is 5.38. The van der Waals surface area contributed by atoms with Crippen LogP contribution in [0.1, 0.15) is 12.5 Å². The molecular formula is C24H21ClN4OS. The van der Waals surface area contributed by atoms with Gasteiger partial charge in [-0.1, -0.05) is 29.8 Å². The number of rotatable bonds is 7. The number of carbonyl (C=O) groups is 1. The molecule has 1 unspecified atom stereocenters. The summed E-state index contributed by atoms with van der Waals surface area (Å²) in [6.45, 7) is 2.28. The van der Waals surface area contributed by atoms with E-state index in [0.717, 1.165) is 27.4 Å². The number of para-hydroxylation sites is 1. The van der Waals surface area contributed by atoms with Crippen LogP contribution in [0.4, 0.5) is 0 Å². The fraction of sp³-hybridized carbons (Fsp3) is 0.125. The molecular weight excluding hydrogens is 428 g/mol. The van der Waals surface area contributed by atoms with E-state index in [4.69, 9.17) is 16.7 Å². The molecule has 0 fully saturated rings. The van der Waals surface area contributed by atoms with Gasteiger partial charge in [-0.15, -0.1) is 11.8 Å². The van der Waals surface area contributed by atoms with Gasteiger partial charge in [0.15, 0.2) is 0 Å². The molecule has 2 aromatic heterocycles. The zero-order valence-corrected chi connectivity index (χ0v) is 18.5. The van der Waals surface area contributed by atoms with E-state index >= 15 is 0 Å². The quantitative estimate of drug-likeness (QED) is 0.385. The van der Waals surface area contributed by atoms with Crippen molar-refractivity contribution in [1.29, 1.82) is 0 Å². The van der Waals surface area contributed by atoms with Crippen LogP contribution in [0.15, 0.2) is 90.2 Å². The first-order valence-electron chi connectivity index (χ1n) is 9.84. The average molecular weight is 449 g/mol. The molecule has 1 amide bonds. The molecule has 4 aromatic rings. The summed E-state index contributed by atoms with van der Waals surface area (Å²) in [6.07, 6.45) is 5.44. The standard InChI is InChI=1S/C24H21ClN4OS/c1-17(31-22-9-7-20(25)8-10-22)24(30)27-15-19-16-29(21-5-3-2-4-6-21)28-23(19)18-11-13-26-14-12-18/h2-14,16-17H,15H2,1H3,(H,27,30). The predicted molar refractivity (Wildman–Crippen MR) is 125 cm³/mol. The highest BCUT2D eigenvalue weighted by Gasteiger charge is 2.17. The van der Waals surface area contributed by atoms with Crippen molar-refractivity contribution in [3.63, 3.8) is 0 Å². The Kier molecular flexibility index (Phi) is 6.70. The third-order valence-corrected chi connectivity index (χ3v) is 6.08. The van der Waals surface area contributed by atoms with Crippen LogP contribution in [-0.2, 0) is 11.3 Å².